The molecule has 5 aromatic rings. The van der Waals surface area contributed by atoms with Crippen molar-refractivity contribution < 1.29 is 64.0 Å². The standard InChI is InChI=1S/C8H18N2.2C7H7BrO2S.C7H5N3O2S.C4H2Br2S.C3H4N2.Na.H2O/c1-9-7-5-3-4-6-8(7)10-2;2*1-2-10-7(9)5-3-11-4-6(5)8;11-7(12)5-3-13-4-6(5)10-8-1-2-9-10;5-3-1-7-2-4(3)6;1-2-5-3-4-1;;/h7-10H,3-6H2,1-2H3;2*3-4H,2H2,1H3;1-4H,(H,11,12);1-2H;1-2H,3H2;;1H2/q;;;;;;+1;/p-1/t7-,8-;;;;;;;/m1......./s1. The van der Waals surface area contributed by atoms with E-state index in [2.05, 4.69) is 109 Å². The molecule has 1 aliphatic carbocycles. The molecule has 0 spiro atoms. The zero-order valence-electron chi connectivity index (χ0n) is 32.8. The number of ether oxygens (including phenoxy) is 2. The van der Waals surface area contributed by atoms with Crippen LogP contribution in [0.2, 0.25) is 0 Å². The summed E-state index contributed by atoms with van der Waals surface area (Å²) in [6, 6.07) is 1.41. The minimum atomic E-state index is -0.964. The Morgan fingerprint density at radius 2 is 1.08 bits per heavy atom. The number of aromatic nitrogens is 3. The Hall–Kier alpha value is -1.51. The van der Waals surface area contributed by atoms with Gasteiger partial charge >= 0.3 is 47.5 Å². The fourth-order valence-corrected chi connectivity index (χ4v) is 9.91. The number of hydrogen-bond acceptors (Lipinski definition) is 16. The van der Waals surface area contributed by atoms with Crippen LogP contribution in [-0.2, 0) is 9.47 Å². The van der Waals surface area contributed by atoms with Gasteiger partial charge in [0, 0.05) is 85.4 Å². The number of carbonyl (C=O) groups is 3. The Morgan fingerprint density at radius 3 is 1.39 bits per heavy atom. The predicted molar refractivity (Wildman–Crippen MR) is 250 cm³/mol. The number of hydrogen-bond donors (Lipinski definition) is 3. The molecule has 1 fully saturated rings. The van der Waals surface area contributed by atoms with Gasteiger partial charge in [0.25, 0.3) is 0 Å². The number of aliphatic imine (C=N–C) groups is 2. The van der Waals surface area contributed by atoms with Crippen molar-refractivity contribution in [1.82, 2.24) is 25.6 Å². The smallest absolute Gasteiger partial charge is 0.870 e. The molecule has 1 saturated carbocycles. The third-order valence-electron chi connectivity index (χ3n) is 7.25. The van der Waals surface area contributed by atoms with E-state index in [-0.39, 0.29) is 52.5 Å². The van der Waals surface area contributed by atoms with Crippen LogP contribution in [-0.4, -0.2) is 102 Å². The van der Waals surface area contributed by atoms with Crippen LogP contribution in [0.3, 0.4) is 0 Å². The van der Waals surface area contributed by atoms with Crippen molar-refractivity contribution in [3.05, 3.63) is 90.0 Å². The molecule has 7 rings (SSSR count). The Kier molecular flexibility index (Phi) is 33.2. The van der Waals surface area contributed by atoms with Crippen LogP contribution in [0, 0.1) is 0 Å². The second kappa shape index (κ2) is 34.0. The number of aromatic carboxylic acids is 1. The normalized spacial score (nSPS) is 14.2. The van der Waals surface area contributed by atoms with E-state index in [1.165, 1.54) is 76.9 Å². The van der Waals surface area contributed by atoms with E-state index in [9.17, 15) is 14.4 Å². The fourth-order valence-electron chi connectivity index (χ4n) is 4.54. The van der Waals surface area contributed by atoms with E-state index in [1.807, 2.05) is 21.5 Å². The van der Waals surface area contributed by atoms with Gasteiger partial charge in [0.2, 0.25) is 0 Å². The number of nitrogens with one attached hydrogen (secondary N) is 2. The average molecular weight is 1160 g/mol. The van der Waals surface area contributed by atoms with Crippen LogP contribution < -0.4 is 40.2 Å². The van der Waals surface area contributed by atoms with Crippen molar-refractivity contribution in [2.45, 2.75) is 51.6 Å². The minimum absolute atomic E-state index is 0. The van der Waals surface area contributed by atoms with Crippen molar-refractivity contribution in [2.24, 2.45) is 9.98 Å². The summed E-state index contributed by atoms with van der Waals surface area (Å²) in [7, 11) is 4.11. The molecule has 0 bridgehead atoms. The maximum absolute atomic E-state index is 11.1. The summed E-state index contributed by atoms with van der Waals surface area (Å²) in [4.78, 5) is 41.6. The number of likely N-dealkylation sites (N-methyl/N-ethyl adjacent to an activating group) is 2. The van der Waals surface area contributed by atoms with Crippen molar-refractivity contribution >= 4 is 139 Å². The van der Waals surface area contributed by atoms with E-state index >= 15 is 0 Å². The maximum atomic E-state index is 11.1. The molecule has 14 nitrogen and oxygen atoms in total. The number of carbonyl (C=O) groups excluding carboxylic acids is 2. The summed E-state index contributed by atoms with van der Waals surface area (Å²) in [6.45, 7) is 5.05. The maximum Gasteiger partial charge on any atom is 1.00 e. The molecular weight excluding hydrogens is 1110 g/mol. The quantitative estimate of drug-likeness (QED) is 0.104. The van der Waals surface area contributed by atoms with Crippen LogP contribution in [0.4, 0.5) is 0 Å². The van der Waals surface area contributed by atoms with Crippen LogP contribution in [0.15, 0.2) is 83.3 Å². The van der Waals surface area contributed by atoms with Gasteiger partial charge < -0.3 is 30.7 Å². The van der Waals surface area contributed by atoms with Crippen LogP contribution in [0.25, 0.3) is 5.69 Å². The third-order valence-corrected chi connectivity index (χ3v) is 14.6. The predicted octanol–water partition coefficient (Wildman–Crippen LogP) is 7.34. The second-order valence-corrected chi connectivity index (χ2v) is 17.3. The number of carboxylic acid groups (broad SMARTS) is 1. The van der Waals surface area contributed by atoms with Gasteiger partial charge in [0.15, 0.2) is 0 Å². The summed E-state index contributed by atoms with van der Waals surface area (Å²) in [5.74, 6) is -1.49. The van der Waals surface area contributed by atoms with Crippen LogP contribution >= 0.6 is 109 Å². The van der Waals surface area contributed by atoms with Crippen molar-refractivity contribution in [1.29, 1.82) is 0 Å². The molecule has 0 amide bonds. The molecule has 0 saturated heterocycles. The van der Waals surface area contributed by atoms with Gasteiger partial charge in [-0.3, -0.25) is 9.98 Å². The average Bonchev–Trinajstić information content (AvgIpc) is 4.07. The number of esters is 2. The molecule has 2 aliphatic rings. The molecule has 0 unspecified atom stereocenters. The van der Waals surface area contributed by atoms with Crippen molar-refractivity contribution in [3.63, 3.8) is 0 Å². The number of nitrogens with zero attached hydrogens (tertiary/aromatic N) is 5. The van der Waals surface area contributed by atoms with E-state index in [1.54, 1.807) is 59.1 Å². The molecule has 59 heavy (non-hydrogen) atoms. The first-order valence-corrected chi connectivity index (χ1v) is 24.1. The minimum Gasteiger partial charge on any atom is -0.870 e. The van der Waals surface area contributed by atoms with Gasteiger partial charge in [0.1, 0.15) is 12.4 Å². The van der Waals surface area contributed by atoms with Gasteiger partial charge in [-0.15, -0.1) is 16.1 Å². The van der Waals surface area contributed by atoms with Gasteiger partial charge in [-0.2, -0.15) is 44.2 Å². The topological polar surface area (TPSA) is 199 Å². The Morgan fingerprint density at radius 1 is 0.695 bits per heavy atom. The fraction of sp³-hybridized carbons (Fsp3) is 0.361. The number of thiophene rings is 4. The molecule has 23 heteroatoms. The first-order valence-electron chi connectivity index (χ1n) is 17.1. The number of halogens is 4. The first-order chi connectivity index (χ1) is 27.5. The summed E-state index contributed by atoms with van der Waals surface area (Å²) >= 11 is 19.1. The Labute approximate surface area is 415 Å². The van der Waals surface area contributed by atoms with Gasteiger partial charge in [-0.05, 0) is 105 Å². The molecule has 1 aliphatic heterocycles. The Bertz CT molecular complexity index is 1870. The molecule has 4 N–H and O–H groups in total. The number of rotatable bonds is 8. The first kappa shape index (κ1) is 57.5. The van der Waals surface area contributed by atoms with Crippen molar-refractivity contribution in [3.8, 4) is 5.69 Å². The molecule has 0 radical (unpaired) electrons. The Balaban J connectivity index is 0.000000693. The van der Waals surface area contributed by atoms with Gasteiger partial charge in [0.05, 0.1) is 42.3 Å². The van der Waals surface area contributed by atoms with Crippen LogP contribution in [0.5, 0.6) is 0 Å². The molecule has 5 aromatic heterocycles. The SMILES string of the molecule is Brc1cscc1Br.C1=NCN=C1.CCOC(=O)c1cscc1Br.CCOC(=O)c1cscc1Br.CN[C@@H]1CCCC[C@H]1NC.O=C(O)c1cscc1-n1nccn1.[Na+].[OH-]. The molecule has 318 valence electrons. The summed E-state index contributed by atoms with van der Waals surface area (Å²) in [6.07, 6.45) is 11.9. The van der Waals surface area contributed by atoms with Gasteiger partial charge in [-0.1, -0.05) is 12.8 Å². The third kappa shape index (κ3) is 21.9. The zero-order valence-corrected chi connectivity index (χ0v) is 44.5. The molecular formula is C36H44Br4N7NaO7S4. The molecule has 6 heterocycles. The van der Waals surface area contributed by atoms with E-state index < -0.39 is 5.97 Å². The summed E-state index contributed by atoms with van der Waals surface area (Å²) < 4.78 is 13.5. The monoisotopic (exact) mass is 1150 g/mol. The molecule has 2 atom stereocenters. The zero-order chi connectivity index (χ0) is 42.0. The summed E-state index contributed by atoms with van der Waals surface area (Å²) in [5, 5.41) is 37.7. The van der Waals surface area contributed by atoms with E-state index in [0.717, 1.165) is 17.9 Å². The van der Waals surface area contributed by atoms with E-state index in [0.29, 0.717) is 48.8 Å². The molecule has 0 aromatic carbocycles. The number of carboxylic acids is 1. The van der Waals surface area contributed by atoms with E-state index in [4.69, 9.17) is 14.6 Å². The largest absolute Gasteiger partial charge is 1.00 e. The summed E-state index contributed by atoms with van der Waals surface area (Å²) in [5.41, 5.74) is 1.94. The van der Waals surface area contributed by atoms with Gasteiger partial charge in [-0.25, -0.2) is 14.4 Å². The van der Waals surface area contributed by atoms with Crippen LogP contribution in [0.1, 0.15) is 70.6 Å². The second-order valence-electron chi connectivity index (χ2n) is 10.9. The van der Waals surface area contributed by atoms with Crippen molar-refractivity contribution in [2.75, 3.05) is 34.0 Å².